The molecule has 1 N–H and O–H groups in total. The molecular formula is C6H9ClN2S. The summed E-state index contributed by atoms with van der Waals surface area (Å²) in [5, 5.41) is 5.95. The van der Waals surface area contributed by atoms with Gasteiger partial charge in [-0.05, 0) is 0 Å². The van der Waals surface area contributed by atoms with Gasteiger partial charge in [-0.3, -0.25) is 0 Å². The van der Waals surface area contributed by atoms with Crippen LogP contribution in [0.15, 0.2) is 24.2 Å². The van der Waals surface area contributed by atoms with E-state index in [4.69, 9.17) is 0 Å². The van der Waals surface area contributed by atoms with E-state index in [1.54, 1.807) is 23.6 Å². The van der Waals surface area contributed by atoms with Gasteiger partial charge in [0.1, 0.15) is 0 Å². The number of hydrogen-bond donors (Lipinski definition) is 1. The number of rotatable bonds is 3. The molecule has 56 valence electrons. The molecule has 0 fully saturated rings. The lowest BCUT2D eigenvalue weighted by Gasteiger charge is -1.92. The van der Waals surface area contributed by atoms with E-state index >= 15 is 0 Å². The predicted molar refractivity (Wildman–Crippen MR) is 48.0 cm³/mol. The van der Waals surface area contributed by atoms with Gasteiger partial charge < -0.3 is 5.32 Å². The third kappa shape index (κ3) is 2.85. The Kier molecular flexibility index (Phi) is 4.98. The molecule has 0 radical (unpaired) electrons. The quantitative estimate of drug-likeness (QED) is 0.715. The Morgan fingerprint density at radius 1 is 1.80 bits per heavy atom. The normalized spacial score (nSPS) is 8.00. The van der Waals surface area contributed by atoms with Crippen molar-refractivity contribution in [3.63, 3.8) is 0 Å². The summed E-state index contributed by atoms with van der Waals surface area (Å²) in [6.45, 7) is 4.36. The first-order valence-corrected chi connectivity index (χ1v) is 3.55. The van der Waals surface area contributed by atoms with Crippen LogP contribution in [0.4, 0.5) is 5.13 Å². The standard InChI is InChI=1S/C6H8N2S.ClH/c1-2-3-7-6-8-4-5-9-6;/h2,4-5H,1,3H2,(H,7,8);1H. The minimum Gasteiger partial charge on any atom is -0.358 e. The van der Waals surface area contributed by atoms with E-state index in [0.717, 1.165) is 11.7 Å². The van der Waals surface area contributed by atoms with Crippen LogP contribution in [-0.2, 0) is 0 Å². The molecule has 10 heavy (non-hydrogen) atoms. The zero-order valence-corrected chi connectivity index (χ0v) is 7.04. The SMILES string of the molecule is C=CCNc1nccs1.Cl. The number of thiazole rings is 1. The summed E-state index contributed by atoms with van der Waals surface area (Å²) in [6, 6.07) is 0. The Labute approximate surface area is 70.4 Å². The van der Waals surface area contributed by atoms with Crippen molar-refractivity contribution in [2.24, 2.45) is 0 Å². The maximum atomic E-state index is 4.01. The molecule has 4 heteroatoms. The largest absolute Gasteiger partial charge is 0.358 e. The first-order valence-electron chi connectivity index (χ1n) is 2.68. The van der Waals surface area contributed by atoms with Gasteiger partial charge >= 0.3 is 0 Å². The maximum Gasteiger partial charge on any atom is 0.182 e. The van der Waals surface area contributed by atoms with E-state index in [1.807, 2.05) is 5.38 Å². The van der Waals surface area contributed by atoms with Crippen LogP contribution in [0.2, 0.25) is 0 Å². The van der Waals surface area contributed by atoms with Gasteiger partial charge in [0.25, 0.3) is 0 Å². The number of hydrogen-bond acceptors (Lipinski definition) is 3. The molecule has 0 atom stereocenters. The van der Waals surface area contributed by atoms with Gasteiger partial charge in [-0.25, -0.2) is 4.98 Å². The molecule has 0 saturated heterocycles. The Balaban J connectivity index is 0.000000810. The van der Waals surface area contributed by atoms with Crippen LogP contribution in [0.3, 0.4) is 0 Å². The molecular weight excluding hydrogens is 168 g/mol. The van der Waals surface area contributed by atoms with Crippen molar-refractivity contribution >= 4 is 28.9 Å². The van der Waals surface area contributed by atoms with Crippen molar-refractivity contribution in [2.45, 2.75) is 0 Å². The van der Waals surface area contributed by atoms with Gasteiger partial charge in [0.2, 0.25) is 0 Å². The average molecular weight is 177 g/mol. The highest BCUT2D eigenvalue weighted by Crippen LogP contribution is 2.08. The minimum absolute atomic E-state index is 0. The molecule has 1 aromatic heterocycles. The molecule has 0 aliphatic heterocycles. The summed E-state index contributed by atoms with van der Waals surface area (Å²) >= 11 is 1.59. The van der Waals surface area contributed by atoms with Gasteiger partial charge in [0.05, 0.1) is 0 Å². The Hall–Kier alpha value is -0.540. The first-order chi connectivity index (χ1) is 4.43. The third-order valence-corrected chi connectivity index (χ3v) is 1.56. The number of aromatic nitrogens is 1. The molecule has 0 aliphatic rings. The van der Waals surface area contributed by atoms with E-state index in [0.29, 0.717) is 0 Å². The summed E-state index contributed by atoms with van der Waals surface area (Å²) in [5.41, 5.74) is 0. The zero-order chi connectivity index (χ0) is 6.53. The van der Waals surface area contributed by atoms with Crippen molar-refractivity contribution < 1.29 is 0 Å². The van der Waals surface area contributed by atoms with Crippen LogP contribution in [0.25, 0.3) is 0 Å². The van der Waals surface area contributed by atoms with E-state index in [2.05, 4.69) is 16.9 Å². The van der Waals surface area contributed by atoms with Crippen LogP contribution in [0.5, 0.6) is 0 Å². The average Bonchev–Trinajstić information content (AvgIpc) is 2.34. The molecule has 1 heterocycles. The van der Waals surface area contributed by atoms with Crippen LogP contribution in [-0.4, -0.2) is 11.5 Å². The maximum absolute atomic E-state index is 4.01. The lowest BCUT2D eigenvalue weighted by atomic mass is 10.6. The molecule has 0 bridgehead atoms. The number of nitrogens with zero attached hydrogens (tertiary/aromatic N) is 1. The second-order valence-electron chi connectivity index (χ2n) is 1.51. The van der Waals surface area contributed by atoms with Crippen LogP contribution < -0.4 is 5.32 Å². The first kappa shape index (κ1) is 9.46. The summed E-state index contributed by atoms with van der Waals surface area (Å²) in [5.74, 6) is 0. The molecule has 0 spiro atoms. The summed E-state index contributed by atoms with van der Waals surface area (Å²) in [7, 11) is 0. The number of nitrogens with one attached hydrogen (secondary N) is 1. The highest BCUT2D eigenvalue weighted by Gasteiger charge is 1.87. The second-order valence-corrected chi connectivity index (χ2v) is 2.40. The molecule has 1 aromatic rings. The van der Waals surface area contributed by atoms with Gasteiger partial charge in [-0.15, -0.1) is 30.3 Å². The zero-order valence-electron chi connectivity index (χ0n) is 5.41. The van der Waals surface area contributed by atoms with Crippen molar-refractivity contribution in [3.05, 3.63) is 24.2 Å². The molecule has 1 rings (SSSR count). The van der Waals surface area contributed by atoms with Crippen molar-refractivity contribution in [1.29, 1.82) is 0 Å². The number of halogens is 1. The van der Waals surface area contributed by atoms with Crippen LogP contribution in [0.1, 0.15) is 0 Å². The van der Waals surface area contributed by atoms with E-state index < -0.39 is 0 Å². The predicted octanol–water partition coefficient (Wildman–Crippen LogP) is 2.16. The van der Waals surface area contributed by atoms with Gasteiger partial charge in [-0.2, -0.15) is 0 Å². The third-order valence-electron chi connectivity index (χ3n) is 0.830. The van der Waals surface area contributed by atoms with Crippen molar-refractivity contribution in [1.82, 2.24) is 4.98 Å². The molecule has 0 aromatic carbocycles. The fraction of sp³-hybridized carbons (Fsp3) is 0.167. The topological polar surface area (TPSA) is 24.9 Å². The van der Waals surface area contributed by atoms with E-state index in [1.165, 1.54) is 0 Å². The van der Waals surface area contributed by atoms with E-state index in [-0.39, 0.29) is 12.4 Å². The summed E-state index contributed by atoms with van der Waals surface area (Å²) in [4.78, 5) is 4.01. The van der Waals surface area contributed by atoms with Crippen molar-refractivity contribution in [3.8, 4) is 0 Å². The van der Waals surface area contributed by atoms with E-state index in [9.17, 15) is 0 Å². The smallest absolute Gasteiger partial charge is 0.182 e. The van der Waals surface area contributed by atoms with Gasteiger partial charge in [-0.1, -0.05) is 6.08 Å². The van der Waals surface area contributed by atoms with Crippen LogP contribution in [0, 0.1) is 0 Å². The second kappa shape index (κ2) is 5.26. The minimum atomic E-state index is 0. The van der Waals surface area contributed by atoms with Gasteiger partial charge in [0, 0.05) is 18.1 Å². The Bertz CT molecular complexity index is 174. The summed E-state index contributed by atoms with van der Waals surface area (Å²) in [6.07, 6.45) is 3.58. The lowest BCUT2D eigenvalue weighted by molar-refractivity contribution is 1.29. The fourth-order valence-corrected chi connectivity index (χ4v) is 1.01. The van der Waals surface area contributed by atoms with Crippen LogP contribution >= 0.6 is 23.7 Å². The molecule has 2 nitrogen and oxygen atoms in total. The van der Waals surface area contributed by atoms with Gasteiger partial charge in [0.15, 0.2) is 5.13 Å². The Morgan fingerprint density at radius 3 is 3.10 bits per heavy atom. The number of anilines is 1. The molecule has 0 aliphatic carbocycles. The molecule has 0 unspecified atom stereocenters. The van der Waals surface area contributed by atoms with Crippen molar-refractivity contribution in [2.75, 3.05) is 11.9 Å². The lowest BCUT2D eigenvalue weighted by Crippen LogP contribution is -1.95. The Morgan fingerprint density at radius 2 is 2.60 bits per heavy atom. The monoisotopic (exact) mass is 176 g/mol. The fourth-order valence-electron chi connectivity index (χ4n) is 0.470. The highest BCUT2D eigenvalue weighted by molar-refractivity contribution is 7.13. The highest BCUT2D eigenvalue weighted by atomic mass is 35.5. The molecule has 0 saturated carbocycles. The summed E-state index contributed by atoms with van der Waals surface area (Å²) < 4.78 is 0. The molecule has 0 amide bonds.